The summed E-state index contributed by atoms with van der Waals surface area (Å²) in [4.78, 5) is 23.7. The van der Waals surface area contributed by atoms with Crippen LogP contribution in [0.1, 0.15) is 13.8 Å². The minimum Gasteiger partial charge on any atom is -0.874 e. The van der Waals surface area contributed by atoms with Crippen molar-refractivity contribution in [3.05, 3.63) is 120 Å². The molecule has 0 bridgehead atoms. The second-order valence-electron chi connectivity index (χ2n) is 10.2. The summed E-state index contributed by atoms with van der Waals surface area (Å²) >= 11 is 0. The van der Waals surface area contributed by atoms with Crippen molar-refractivity contribution in [2.24, 2.45) is 30.7 Å². The molecule has 7 N–H and O–H groups in total. The second-order valence-corrected chi connectivity index (χ2v) is 13.4. The molecule has 0 unspecified atom stereocenters. The van der Waals surface area contributed by atoms with Crippen LogP contribution >= 0.6 is 0 Å². The minimum atomic E-state index is -4.05. The Labute approximate surface area is 313 Å². The zero-order valence-electron chi connectivity index (χ0n) is 27.5. The Balaban J connectivity index is 0.000000360. The van der Waals surface area contributed by atoms with Crippen LogP contribution < -0.4 is 36.2 Å². The molecule has 0 aliphatic rings. The summed E-state index contributed by atoms with van der Waals surface area (Å²) in [6.45, 7) is 2.33. The van der Waals surface area contributed by atoms with Gasteiger partial charge in [0.1, 0.15) is 11.5 Å². The molecule has 0 aliphatic carbocycles. The van der Waals surface area contributed by atoms with Crippen LogP contribution in [0.4, 0.5) is 22.7 Å². The molecule has 4 aromatic rings. The summed E-state index contributed by atoms with van der Waals surface area (Å²) in [7, 11) is -8.08. The van der Waals surface area contributed by atoms with Crippen LogP contribution in [0.15, 0.2) is 150 Å². The molecule has 278 valence electrons. The predicted octanol–water partition coefficient (Wildman–Crippen LogP) is 2.64. The molecule has 53 heavy (non-hydrogen) atoms. The molecule has 0 atom stereocenters. The van der Waals surface area contributed by atoms with Gasteiger partial charge in [-0.1, -0.05) is 67.0 Å². The molecule has 0 aliphatic heterocycles. The Hall–Kier alpha value is -5.97. The number of sulfonamides is 2. The number of allylic oxidation sites excluding steroid dienone is 2. The van der Waals surface area contributed by atoms with E-state index in [-0.39, 0.29) is 37.9 Å². The fourth-order valence-electron chi connectivity index (χ4n) is 3.69. The van der Waals surface area contributed by atoms with Gasteiger partial charge < -0.3 is 31.1 Å². The van der Waals surface area contributed by atoms with Gasteiger partial charge in [-0.2, -0.15) is 10.2 Å². The summed E-state index contributed by atoms with van der Waals surface area (Å²) in [5.74, 6) is -3.96. The van der Waals surface area contributed by atoms with Crippen LogP contribution in [0.5, 0.6) is 11.5 Å². The molecule has 21 heteroatoms. The third kappa shape index (κ3) is 13.3. The van der Waals surface area contributed by atoms with Crippen molar-refractivity contribution < 1.29 is 63.6 Å². The van der Waals surface area contributed by atoms with Gasteiger partial charge in [-0.15, -0.1) is 16.0 Å². The van der Waals surface area contributed by atoms with Gasteiger partial charge in [-0.05, 0) is 55.5 Å². The number of azo groups is 2. The smallest absolute Gasteiger partial charge is 0.874 e. The van der Waals surface area contributed by atoms with E-state index in [9.17, 15) is 46.9 Å². The first kappa shape index (κ1) is 43.2. The summed E-state index contributed by atoms with van der Waals surface area (Å²) < 4.78 is 45.4. The minimum absolute atomic E-state index is 0. The number of benzene rings is 4. The molecular formula is C32H29CoN8O10S2. The van der Waals surface area contributed by atoms with E-state index in [1.54, 1.807) is 60.7 Å². The Morgan fingerprint density at radius 3 is 1.34 bits per heavy atom. The summed E-state index contributed by atoms with van der Waals surface area (Å²) in [6, 6.07) is 22.6. The third-order valence-corrected chi connectivity index (χ3v) is 8.02. The number of hydrogen-bond acceptors (Lipinski definition) is 14. The normalized spacial score (nSPS) is 12.5. The quantitative estimate of drug-likeness (QED) is 0.0886. The number of carbonyl (C=O) groups excluding carboxylic acids is 2. The van der Waals surface area contributed by atoms with Crippen molar-refractivity contribution in [1.82, 2.24) is 0 Å². The van der Waals surface area contributed by atoms with Crippen LogP contribution in [0.3, 0.4) is 0 Å². The average molecular weight is 809 g/mol. The maximum atomic E-state index is 12.2. The molecule has 0 fully saturated rings. The van der Waals surface area contributed by atoms with E-state index in [1.807, 2.05) is 0 Å². The Kier molecular flexibility index (Phi) is 15.5. The molecule has 0 heterocycles. The topological polar surface area (TPSA) is 317 Å². The van der Waals surface area contributed by atoms with Gasteiger partial charge in [-0.3, -0.25) is 9.59 Å². The van der Waals surface area contributed by atoms with E-state index in [0.29, 0.717) is 11.4 Å². The van der Waals surface area contributed by atoms with Crippen LogP contribution in [-0.2, 0) is 46.4 Å². The number of rotatable bonds is 10. The van der Waals surface area contributed by atoms with Gasteiger partial charge in [0.2, 0.25) is 20.0 Å². The number of aliphatic hydroxyl groups excluding tert-OH is 1. The van der Waals surface area contributed by atoms with E-state index in [4.69, 9.17) is 10.3 Å². The first-order valence-electron chi connectivity index (χ1n) is 14.4. The van der Waals surface area contributed by atoms with E-state index in [1.165, 1.54) is 6.92 Å². The number of nitrogens with zero attached hydrogens (tertiary/aromatic N) is 4. The molecular weight excluding hydrogens is 779 g/mol. The maximum Gasteiger partial charge on any atom is 3.00 e. The van der Waals surface area contributed by atoms with Crippen molar-refractivity contribution in [2.45, 2.75) is 23.6 Å². The number of nitrogens with two attached hydrogens (primary N) is 2. The van der Waals surface area contributed by atoms with Gasteiger partial charge in [0.15, 0.2) is 5.70 Å². The molecule has 0 aromatic heterocycles. The molecule has 0 saturated carbocycles. The number of aliphatic hydroxyl groups is 1. The number of carbonyl (C=O) groups is 2. The predicted molar refractivity (Wildman–Crippen MR) is 182 cm³/mol. The Morgan fingerprint density at radius 1 is 0.642 bits per heavy atom. The molecule has 0 spiro atoms. The van der Waals surface area contributed by atoms with Crippen LogP contribution in [-0.4, -0.2) is 33.8 Å². The van der Waals surface area contributed by atoms with Crippen LogP contribution in [0, 0.1) is 0 Å². The summed E-state index contributed by atoms with van der Waals surface area (Å²) in [5, 5.41) is 74.0. The van der Waals surface area contributed by atoms with Crippen molar-refractivity contribution in [3.63, 3.8) is 0 Å². The second kappa shape index (κ2) is 19.0. The Morgan fingerprint density at radius 2 is 1.00 bits per heavy atom. The van der Waals surface area contributed by atoms with Crippen LogP contribution in [0.25, 0.3) is 0 Å². The summed E-state index contributed by atoms with van der Waals surface area (Å²) in [6.07, 6.45) is 0. The molecule has 2 amide bonds. The van der Waals surface area contributed by atoms with E-state index >= 15 is 0 Å². The number of amides is 2. The number of nitrogens with one attached hydrogen (secondary N) is 2. The number of para-hydroxylation sites is 2. The van der Waals surface area contributed by atoms with Gasteiger partial charge >= 0.3 is 16.8 Å². The van der Waals surface area contributed by atoms with Crippen molar-refractivity contribution in [3.8, 4) is 11.5 Å². The molecule has 18 nitrogen and oxygen atoms in total. The van der Waals surface area contributed by atoms with Gasteiger partial charge in [0, 0.05) is 11.4 Å². The Bertz CT molecular complexity index is 2130. The van der Waals surface area contributed by atoms with Gasteiger partial charge in [0.05, 0.1) is 21.2 Å². The van der Waals surface area contributed by atoms with Crippen molar-refractivity contribution in [1.29, 1.82) is 0 Å². The van der Waals surface area contributed by atoms with E-state index < -0.39 is 66.3 Å². The fraction of sp³-hybridized carbons (Fsp3) is 0.0625. The monoisotopic (exact) mass is 808 g/mol. The SMILES string of the molecule is CC(O)=C(N=Nc1cc(S(N)(=O)=O)ccc1[O-])C(=O)Nc1ccccc1.CC([O-])=C(N=Nc1cc(S(N)(=O)=O)ccc1[O-])C(=O)Nc1ccccc1.[Co+3]. The fourth-order valence-corrected chi connectivity index (χ4v) is 4.76. The number of primary sulfonamides is 2. The third-order valence-electron chi connectivity index (χ3n) is 6.20. The summed E-state index contributed by atoms with van der Waals surface area (Å²) in [5.41, 5.74) is -0.798. The van der Waals surface area contributed by atoms with E-state index in [2.05, 4.69) is 31.1 Å². The zero-order valence-corrected chi connectivity index (χ0v) is 30.1. The first-order valence-corrected chi connectivity index (χ1v) is 17.5. The van der Waals surface area contributed by atoms with Crippen molar-refractivity contribution >= 4 is 54.6 Å². The number of hydrogen-bond donors (Lipinski definition) is 5. The van der Waals surface area contributed by atoms with E-state index in [0.717, 1.165) is 43.3 Å². The number of anilines is 2. The maximum absolute atomic E-state index is 12.2. The largest absolute Gasteiger partial charge is 3.00 e. The average Bonchev–Trinajstić information content (AvgIpc) is 3.06. The zero-order chi connectivity index (χ0) is 38.6. The van der Waals surface area contributed by atoms with Gasteiger partial charge in [-0.25, -0.2) is 27.1 Å². The first-order chi connectivity index (χ1) is 24.4. The van der Waals surface area contributed by atoms with Crippen LogP contribution in [0.2, 0.25) is 0 Å². The molecule has 4 rings (SSSR count). The molecule has 0 saturated heterocycles. The van der Waals surface area contributed by atoms with Gasteiger partial charge in [0.25, 0.3) is 11.8 Å². The van der Waals surface area contributed by atoms with Crippen molar-refractivity contribution in [2.75, 3.05) is 10.6 Å². The molecule has 0 radical (unpaired) electrons. The molecule has 4 aromatic carbocycles. The standard InChI is InChI=1S/2C16H16N4O5S.Co/c2*1-10(21)15(16(23)18-11-5-3-2-4-6-11)20-19-13-9-12(26(17,24)25)7-8-14(13)22;/h2*2-9,21-22H,1H3,(H,18,23)(H2,17,24,25);/q;;+3/p-3.